The summed E-state index contributed by atoms with van der Waals surface area (Å²) < 4.78 is 0. The normalized spacial score (nSPS) is 17.1. The number of piperidine rings is 1. The number of nitrogens with one attached hydrogen (secondary N) is 1. The molecule has 6 nitrogen and oxygen atoms in total. The van der Waals surface area contributed by atoms with Crippen LogP contribution in [0, 0.1) is 5.92 Å². The molecule has 20 heavy (non-hydrogen) atoms. The molecule has 0 aliphatic carbocycles. The van der Waals surface area contributed by atoms with Crippen LogP contribution in [0.5, 0.6) is 0 Å². The number of primary amides is 1. The fraction of sp³-hybridized carbons (Fsp3) is 0.571. The topological polar surface area (TPSA) is 97.3 Å². The van der Waals surface area contributed by atoms with Crippen LogP contribution in [0.1, 0.15) is 30.1 Å². The summed E-state index contributed by atoms with van der Waals surface area (Å²) in [7, 11) is 0. The van der Waals surface area contributed by atoms with Crippen LogP contribution in [-0.2, 0) is 0 Å². The van der Waals surface area contributed by atoms with Crippen molar-refractivity contribution < 1.29 is 4.79 Å². The number of rotatable bonds is 5. The van der Waals surface area contributed by atoms with Crippen molar-refractivity contribution in [3.05, 3.63) is 17.8 Å². The number of anilines is 2. The van der Waals surface area contributed by atoms with Crippen LogP contribution in [0.15, 0.2) is 12.3 Å². The lowest BCUT2D eigenvalue weighted by atomic mass is 9.97. The number of aromatic nitrogens is 1. The maximum absolute atomic E-state index is 11.4. The van der Waals surface area contributed by atoms with E-state index in [1.165, 1.54) is 19.0 Å². The molecule has 5 N–H and O–H groups in total. The van der Waals surface area contributed by atoms with Crippen LogP contribution < -0.4 is 16.8 Å². The van der Waals surface area contributed by atoms with Crippen LogP contribution in [0.2, 0.25) is 0 Å². The molecule has 1 aromatic rings. The van der Waals surface area contributed by atoms with E-state index in [1.807, 2.05) is 0 Å². The SMILES string of the molecule is CCN1CCC(CNc2ncc(N)cc2C(N)=O)CC1. The Hall–Kier alpha value is -1.82. The number of hydrogen-bond acceptors (Lipinski definition) is 5. The molecule has 2 rings (SSSR count). The van der Waals surface area contributed by atoms with E-state index in [2.05, 4.69) is 22.1 Å². The Labute approximate surface area is 119 Å². The number of nitrogen functional groups attached to an aromatic ring is 1. The molecule has 1 aliphatic rings. The number of carbonyl (C=O) groups excluding carboxylic acids is 1. The van der Waals surface area contributed by atoms with Gasteiger partial charge in [0.15, 0.2) is 0 Å². The first kappa shape index (κ1) is 14.6. The molecule has 2 heterocycles. The number of hydrogen-bond donors (Lipinski definition) is 3. The summed E-state index contributed by atoms with van der Waals surface area (Å²) in [6.45, 7) is 6.40. The molecule has 1 aromatic heterocycles. The lowest BCUT2D eigenvalue weighted by Crippen LogP contribution is -2.35. The average molecular weight is 277 g/mol. The molecular weight excluding hydrogens is 254 g/mol. The Morgan fingerprint density at radius 3 is 2.80 bits per heavy atom. The summed E-state index contributed by atoms with van der Waals surface area (Å²) in [5.41, 5.74) is 11.8. The lowest BCUT2D eigenvalue weighted by molar-refractivity contribution is 0.100. The molecule has 0 aromatic carbocycles. The molecular formula is C14H23N5O. The zero-order valence-corrected chi connectivity index (χ0v) is 11.9. The predicted octanol–water partition coefficient (Wildman–Crippen LogP) is 0.906. The molecule has 6 heteroatoms. The van der Waals surface area contributed by atoms with Crippen LogP contribution in [0.3, 0.4) is 0 Å². The second-order valence-electron chi connectivity index (χ2n) is 5.29. The summed E-state index contributed by atoms with van der Waals surface area (Å²) in [6, 6.07) is 1.57. The predicted molar refractivity (Wildman–Crippen MR) is 80.5 cm³/mol. The molecule has 1 saturated heterocycles. The van der Waals surface area contributed by atoms with Crippen molar-refractivity contribution in [2.24, 2.45) is 11.7 Å². The van der Waals surface area contributed by atoms with Gasteiger partial charge in [-0.2, -0.15) is 0 Å². The van der Waals surface area contributed by atoms with E-state index in [-0.39, 0.29) is 0 Å². The van der Waals surface area contributed by atoms with Crippen LogP contribution in [0.4, 0.5) is 11.5 Å². The van der Waals surface area contributed by atoms with Gasteiger partial charge < -0.3 is 21.7 Å². The van der Waals surface area contributed by atoms with Gasteiger partial charge >= 0.3 is 0 Å². The molecule has 0 unspecified atom stereocenters. The van der Waals surface area contributed by atoms with Crippen molar-refractivity contribution in [3.63, 3.8) is 0 Å². The third-order valence-electron chi connectivity index (χ3n) is 3.89. The van der Waals surface area contributed by atoms with Gasteiger partial charge in [-0.3, -0.25) is 4.79 Å². The van der Waals surface area contributed by atoms with Gasteiger partial charge in [0.1, 0.15) is 5.82 Å². The minimum absolute atomic E-state index is 0.357. The van der Waals surface area contributed by atoms with E-state index < -0.39 is 5.91 Å². The first-order valence-electron chi connectivity index (χ1n) is 7.11. The highest BCUT2D eigenvalue weighted by molar-refractivity contribution is 5.98. The smallest absolute Gasteiger partial charge is 0.252 e. The van der Waals surface area contributed by atoms with Gasteiger partial charge in [0.2, 0.25) is 0 Å². The maximum Gasteiger partial charge on any atom is 0.252 e. The zero-order valence-electron chi connectivity index (χ0n) is 11.9. The molecule has 1 fully saturated rings. The average Bonchev–Trinajstić information content (AvgIpc) is 2.46. The van der Waals surface area contributed by atoms with Gasteiger partial charge in [-0.05, 0) is 44.5 Å². The zero-order chi connectivity index (χ0) is 14.5. The molecule has 1 aliphatic heterocycles. The molecule has 1 amide bonds. The van der Waals surface area contributed by atoms with E-state index in [0.717, 1.165) is 26.2 Å². The Kier molecular flexibility index (Phi) is 4.79. The minimum atomic E-state index is -0.506. The number of amides is 1. The molecule has 0 saturated carbocycles. The molecule has 0 spiro atoms. The van der Waals surface area contributed by atoms with Gasteiger partial charge in [0, 0.05) is 6.54 Å². The first-order valence-corrected chi connectivity index (χ1v) is 7.11. The van der Waals surface area contributed by atoms with E-state index in [1.54, 1.807) is 6.07 Å². The van der Waals surface area contributed by atoms with Gasteiger partial charge in [-0.1, -0.05) is 6.92 Å². The van der Waals surface area contributed by atoms with Gasteiger partial charge in [-0.25, -0.2) is 4.98 Å². The van der Waals surface area contributed by atoms with Gasteiger partial charge in [0.25, 0.3) is 5.91 Å². The number of nitrogens with zero attached hydrogens (tertiary/aromatic N) is 2. The summed E-state index contributed by atoms with van der Waals surface area (Å²) in [5.74, 6) is 0.635. The van der Waals surface area contributed by atoms with Crippen molar-refractivity contribution in [2.75, 3.05) is 37.2 Å². The second-order valence-corrected chi connectivity index (χ2v) is 5.29. The fourth-order valence-corrected chi connectivity index (χ4v) is 2.56. The number of pyridine rings is 1. The molecule has 0 atom stereocenters. The Morgan fingerprint density at radius 2 is 2.20 bits per heavy atom. The number of carbonyl (C=O) groups is 1. The highest BCUT2D eigenvalue weighted by atomic mass is 16.1. The van der Waals surface area contributed by atoms with E-state index in [0.29, 0.717) is 23.0 Å². The molecule has 110 valence electrons. The van der Waals surface area contributed by atoms with Crippen molar-refractivity contribution in [2.45, 2.75) is 19.8 Å². The summed E-state index contributed by atoms with van der Waals surface area (Å²) >= 11 is 0. The van der Waals surface area contributed by atoms with Crippen LogP contribution in [-0.4, -0.2) is 42.0 Å². The Morgan fingerprint density at radius 1 is 1.50 bits per heavy atom. The van der Waals surface area contributed by atoms with E-state index >= 15 is 0 Å². The first-order chi connectivity index (χ1) is 9.60. The van der Waals surface area contributed by atoms with Crippen molar-refractivity contribution in [3.8, 4) is 0 Å². The van der Waals surface area contributed by atoms with E-state index in [4.69, 9.17) is 11.5 Å². The van der Waals surface area contributed by atoms with Crippen molar-refractivity contribution in [1.29, 1.82) is 0 Å². The fourth-order valence-electron chi connectivity index (χ4n) is 2.56. The highest BCUT2D eigenvalue weighted by Crippen LogP contribution is 2.19. The minimum Gasteiger partial charge on any atom is -0.397 e. The third-order valence-corrected chi connectivity index (χ3v) is 3.89. The van der Waals surface area contributed by atoms with Crippen molar-refractivity contribution in [1.82, 2.24) is 9.88 Å². The molecule has 0 bridgehead atoms. The quantitative estimate of drug-likeness (QED) is 0.743. The summed E-state index contributed by atoms with van der Waals surface area (Å²) in [4.78, 5) is 18.0. The summed E-state index contributed by atoms with van der Waals surface area (Å²) in [6.07, 6.45) is 3.87. The van der Waals surface area contributed by atoms with Crippen molar-refractivity contribution >= 4 is 17.4 Å². The second kappa shape index (κ2) is 6.56. The van der Waals surface area contributed by atoms with E-state index in [9.17, 15) is 4.79 Å². The highest BCUT2D eigenvalue weighted by Gasteiger charge is 2.19. The maximum atomic E-state index is 11.4. The lowest BCUT2D eigenvalue weighted by Gasteiger charge is -2.31. The standard InChI is InChI=1S/C14H23N5O/c1-2-19-5-3-10(4-6-19)8-17-14-12(13(16)20)7-11(15)9-18-14/h7,9-10H,2-6,8,15H2,1H3,(H2,16,20)(H,17,18). The Balaban J connectivity index is 1.93. The number of likely N-dealkylation sites (tertiary alicyclic amines) is 1. The van der Waals surface area contributed by atoms with Gasteiger partial charge in [0.05, 0.1) is 17.4 Å². The number of nitrogens with two attached hydrogens (primary N) is 2. The van der Waals surface area contributed by atoms with Gasteiger partial charge in [-0.15, -0.1) is 0 Å². The third kappa shape index (κ3) is 3.60. The van der Waals surface area contributed by atoms with Crippen LogP contribution >= 0.6 is 0 Å². The molecule has 0 radical (unpaired) electrons. The summed E-state index contributed by atoms with van der Waals surface area (Å²) in [5, 5.41) is 3.24. The van der Waals surface area contributed by atoms with Crippen LogP contribution in [0.25, 0.3) is 0 Å². The monoisotopic (exact) mass is 277 g/mol. The largest absolute Gasteiger partial charge is 0.397 e. The Bertz CT molecular complexity index is 469.